The molecular formula is C35H68NO10P. The maximum atomic E-state index is 12.5. The molecule has 0 aromatic rings. The van der Waals surface area contributed by atoms with Crippen LogP contribution in [0.4, 0.5) is 0 Å². The Hall–Kier alpha value is -1.52. The summed E-state index contributed by atoms with van der Waals surface area (Å²) in [5, 5.41) is 8.83. The first-order valence-corrected chi connectivity index (χ1v) is 20.1. The minimum atomic E-state index is -4.69. The Kier molecular flexibility index (Phi) is 30.7. The van der Waals surface area contributed by atoms with Crippen molar-refractivity contribution in [1.29, 1.82) is 0 Å². The molecule has 11 nitrogen and oxygen atoms in total. The molecule has 0 fully saturated rings. The van der Waals surface area contributed by atoms with E-state index in [2.05, 4.69) is 18.4 Å². The molecule has 0 aliphatic rings. The number of rotatable bonds is 35. The highest BCUT2D eigenvalue weighted by Crippen LogP contribution is 2.43. The molecule has 0 spiro atoms. The maximum Gasteiger partial charge on any atom is 0.472 e. The normalized spacial score (nSPS) is 14.0. The van der Waals surface area contributed by atoms with Crippen molar-refractivity contribution in [3.8, 4) is 0 Å². The van der Waals surface area contributed by atoms with Gasteiger partial charge in [-0.05, 0) is 12.8 Å². The maximum absolute atomic E-state index is 12.5. The van der Waals surface area contributed by atoms with E-state index in [9.17, 15) is 23.8 Å². The lowest BCUT2D eigenvalue weighted by molar-refractivity contribution is -0.161. The second-order valence-electron chi connectivity index (χ2n) is 12.7. The van der Waals surface area contributed by atoms with Crippen LogP contribution in [0.1, 0.15) is 174 Å². The number of aliphatic carboxylic acids is 1. The number of nitrogens with two attached hydrogens (primary N) is 1. The van der Waals surface area contributed by atoms with Crippen molar-refractivity contribution in [2.75, 3.05) is 19.8 Å². The molecule has 0 saturated carbocycles. The molecule has 0 saturated heterocycles. The molecule has 12 heteroatoms. The molecule has 0 rings (SSSR count). The summed E-state index contributed by atoms with van der Waals surface area (Å²) < 4.78 is 32.4. The summed E-state index contributed by atoms with van der Waals surface area (Å²) in [6.07, 6.45) is 26.2. The molecular weight excluding hydrogens is 625 g/mol. The third kappa shape index (κ3) is 31.5. The monoisotopic (exact) mass is 693 g/mol. The molecule has 0 aliphatic heterocycles. The standard InChI is InChI=1S/C35H68NO10P/c1-3-5-7-9-11-13-14-15-16-17-18-19-21-22-24-26-33(37)43-28-31(29-44-47(41,42)45-30-32(36)35(39)40)46-34(38)27-25-23-20-12-10-8-6-4-2/h31-32H,3-30,36H2,1-2H3,(H,39,40)(H,41,42)/t31-,32+/m0/s1. The number of phosphoric ester groups is 1. The van der Waals surface area contributed by atoms with E-state index in [-0.39, 0.29) is 19.4 Å². The second kappa shape index (κ2) is 31.7. The van der Waals surface area contributed by atoms with E-state index in [0.29, 0.717) is 12.8 Å². The van der Waals surface area contributed by atoms with E-state index in [1.54, 1.807) is 0 Å². The fraction of sp³-hybridized carbons (Fsp3) is 0.914. The Labute approximate surface area is 285 Å². The van der Waals surface area contributed by atoms with E-state index in [1.165, 1.54) is 96.3 Å². The van der Waals surface area contributed by atoms with Gasteiger partial charge in [0.15, 0.2) is 6.10 Å². The molecule has 0 heterocycles. The van der Waals surface area contributed by atoms with Gasteiger partial charge in [0, 0.05) is 12.8 Å². The zero-order valence-electron chi connectivity index (χ0n) is 29.6. The number of phosphoric acid groups is 1. The Balaban J connectivity index is 4.35. The quantitative estimate of drug-likeness (QED) is 0.0329. The van der Waals surface area contributed by atoms with Crippen LogP contribution in [0.25, 0.3) is 0 Å². The van der Waals surface area contributed by atoms with E-state index >= 15 is 0 Å². The predicted molar refractivity (Wildman–Crippen MR) is 185 cm³/mol. The first-order valence-electron chi connectivity index (χ1n) is 18.6. The van der Waals surface area contributed by atoms with Gasteiger partial charge in [0.1, 0.15) is 12.6 Å². The van der Waals surface area contributed by atoms with E-state index in [1.807, 2.05) is 0 Å². The molecule has 0 aromatic carbocycles. The molecule has 278 valence electrons. The molecule has 47 heavy (non-hydrogen) atoms. The van der Waals surface area contributed by atoms with Crippen LogP contribution in [-0.4, -0.2) is 59.9 Å². The van der Waals surface area contributed by atoms with Crippen molar-refractivity contribution in [3.63, 3.8) is 0 Å². The van der Waals surface area contributed by atoms with Crippen LogP contribution < -0.4 is 5.73 Å². The van der Waals surface area contributed by atoms with E-state index < -0.39 is 51.1 Å². The fourth-order valence-electron chi connectivity index (χ4n) is 5.12. The molecule has 0 aliphatic carbocycles. The number of ether oxygens (including phenoxy) is 2. The third-order valence-electron chi connectivity index (χ3n) is 8.11. The molecule has 1 unspecified atom stereocenters. The minimum absolute atomic E-state index is 0.166. The third-order valence-corrected chi connectivity index (χ3v) is 9.06. The number of esters is 2. The first kappa shape index (κ1) is 45.5. The number of hydrogen-bond donors (Lipinski definition) is 3. The van der Waals surface area contributed by atoms with Gasteiger partial charge in [0.25, 0.3) is 0 Å². The summed E-state index contributed by atoms with van der Waals surface area (Å²) in [4.78, 5) is 45.5. The average Bonchev–Trinajstić information content (AvgIpc) is 3.04. The molecule has 0 bridgehead atoms. The lowest BCUT2D eigenvalue weighted by Crippen LogP contribution is -2.34. The topological polar surface area (TPSA) is 172 Å². The molecule has 0 radical (unpaired) electrons. The van der Waals surface area contributed by atoms with Crippen molar-refractivity contribution < 1.29 is 47.5 Å². The van der Waals surface area contributed by atoms with Crippen molar-refractivity contribution >= 4 is 25.7 Å². The van der Waals surface area contributed by atoms with Gasteiger partial charge in [-0.25, -0.2) is 4.57 Å². The van der Waals surface area contributed by atoms with Crippen LogP contribution in [0.2, 0.25) is 0 Å². The van der Waals surface area contributed by atoms with Gasteiger partial charge in [-0.2, -0.15) is 0 Å². The Morgan fingerprint density at radius 3 is 1.34 bits per heavy atom. The van der Waals surface area contributed by atoms with E-state index in [4.69, 9.17) is 24.8 Å². The van der Waals surface area contributed by atoms with Crippen LogP contribution in [0, 0.1) is 0 Å². The van der Waals surface area contributed by atoms with Gasteiger partial charge in [-0.1, -0.05) is 149 Å². The predicted octanol–water partition coefficient (Wildman–Crippen LogP) is 8.78. The van der Waals surface area contributed by atoms with Crippen LogP contribution >= 0.6 is 7.82 Å². The lowest BCUT2D eigenvalue weighted by Gasteiger charge is -2.20. The van der Waals surface area contributed by atoms with Crippen molar-refractivity contribution in [2.24, 2.45) is 5.73 Å². The number of carboxylic acids is 1. The Bertz CT molecular complexity index is 828. The zero-order valence-corrected chi connectivity index (χ0v) is 30.5. The summed E-state index contributed by atoms with van der Waals surface area (Å²) in [5.74, 6) is -2.37. The fourth-order valence-corrected chi connectivity index (χ4v) is 5.90. The number of hydrogen-bond acceptors (Lipinski definition) is 9. The van der Waals surface area contributed by atoms with Crippen molar-refractivity contribution in [2.45, 2.75) is 187 Å². The zero-order chi connectivity index (χ0) is 35.0. The van der Waals surface area contributed by atoms with Crippen LogP contribution in [-0.2, 0) is 37.5 Å². The highest BCUT2D eigenvalue weighted by molar-refractivity contribution is 7.47. The number of unbranched alkanes of at least 4 members (excludes halogenated alkanes) is 21. The smallest absolute Gasteiger partial charge is 0.472 e. The second-order valence-corrected chi connectivity index (χ2v) is 14.2. The Morgan fingerprint density at radius 2 is 0.936 bits per heavy atom. The summed E-state index contributed by atoms with van der Waals surface area (Å²) in [6, 6.07) is -1.51. The molecule has 3 atom stereocenters. The van der Waals surface area contributed by atoms with Gasteiger partial charge in [0.2, 0.25) is 0 Å². The van der Waals surface area contributed by atoms with Crippen molar-refractivity contribution in [3.05, 3.63) is 0 Å². The summed E-state index contributed by atoms with van der Waals surface area (Å²) in [6.45, 7) is 2.76. The van der Waals surface area contributed by atoms with Gasteiger partial charge in [0.05, 0.1) is 13.2 Å². The number of carboxylic acid groups (broad SMARTS) is 1. The minimum Gasteiger partial charge on any atom is -0.480 e. The molecule has 4 N–H and O–H groups in total. The summed E-state index contributed by atoms with van der Waals surface area (Å²) in [5.41, 5.74) is 5.30. The SMILES string of the molecule is CCCCCCCCCCCCCCCCCC(=O)OC[C@@H](COP(=O)(O)OC[C@@H](N)C(=O)O)OC(=O)CCCCCCCCCC. The largest absolute Gasteiger partial charge is 0.480 e. The van der Waals surface area contributed by atoms with Gasteiger partial charge in [-0.15, -0.1) is 0 Å². The van der Waals surface area contributed by atoms with Gasteiger partial charge in [-0.3, -0.25) is 23.4 Å². The highest BCUT2D eigenvalue weighted by Gasteiger charge is 2.28. The van der Waals surface area contributed by atoms with Crippen LogP contribution in [0.5, 0.6) is 0 Å². The van der Waals surface area contributed by atoms with Crippen LogP contribution in [0.15, 0.2) is 0 Å². The highest BCUT2D eigenvalue weighted by atomic mass is 31.2. The number of carbonyl (C=O) groups is 3. The van der Waals surface area contributed by atoms with Gasteiger partial charge >= 0.3 is 25.7 Å². The van der Waals surface area contributed by atoms with E-state index in [0.717, 1.165) is 38.5 Å². The summed E-state index contributed by atoms with van der Waals surface area (Å²) >= 11 is 0. The first-order chi connectivity index (χ1) is 22.6. The van der Waals surface area contributed by atoms with Crippen molar-refractivity contribution in [1.82, 2.24) is 0 Å². The lowest BCUT2D eigenvalue weighted by atomic mass is 10.0. The van der Waals surface area contributed by atoms with Gasteiger partial charge < -0.3 is 25.2 Å². The Morgan fingerprint density at radius 1 is 0.574 bits per heavy atom. The number of carbonyl (C=O) groups excluding carboxylic acids is 2. The summed E-state index contributed by atoms with van der Waals surface area (Å²) in [7, 11) is -4.69. The van der Waals surface area contributed by atoms with Crippen LogP contribution in [0.3, 0.4) is 0 Å². The molecule has 0 aromatic heterocycles. The average molecular weight is 694 g/mol. The molecule has 0 amide bonds.